The molecule has 1 aliphatic carbocycles. The Morgan fingerprint density at radius 2 is 1.90 bits per heavy atom. The van der Waals surface area contributed by atoms with Gasteiger partial charge in [-0.25, -0.2) is 4.79 Å². The fraction of sp³-hybridized carbons (Fsp3) is 0.625. The Balaban J connectivity index is 1.70. The quantitative estimate of drug-likeness (QED) is 0.585. The van der Waals surface area contributed by atoms with Crippen LogP contribution in [0.2, 0.25) is 0 Å². The van der Waals surface area contributed by atoms with Gasteiger partial charge in [-0.05, 0) is 57.4 Å². The number of fused-ring (bicyclic) bond motifs is 1. The van der Waals surface area contributed by atoms with E-state index in [9.17, 15) is 19.5 Å². The lowest BCUT2D eigenvalue weighted by molar-refractivity contribution is -0.152. The van der Waals surface area contributed by atoms with E-state index in [0.717, 1.165) is 31.2 Å². The van der Waals surface area contributed by atoms with Crippen molar-refractivity contribution in [2.75, 3.05) is 6.61 Å². The lowest BCUT2D eigenvalue weighted by atomic mass is 9.84. The smallest absolute Gasteiger partial charge is 0.326 e. The summed E-state index contributed by atoms with van der Waals surface area (Å²) in [5, 5.41) is 12.9. The van der Waals surface area contributed by atoms with Crippen LogP contribution in [-0.2, 0) is 25.5 Å². The third kappa shape index (κ3) is 5.64. The molecule has 31 heavy (non-hydrogen) atoms. The third-order valence-electron chi connectivity index (χ3n) is 6.58. The van der Waals surface area contributed by atoms with Crippen molar-refractivity contribution >= 4 is 17.8 Å². The van der Waals surface area contributed by atoms with E-state index in [1.54, 1.807) is 18.7 Å². The summed E-state index contributed by atoms with van der Waals surface area (Å²) in [6, 6.07) is 7.75. The molecule has 2 N–H and O–H groups in total. The van der Waals surface area contributed by atoms with E-state index in [0.29, 0.717) is 19.3 Å². The number of hydrogen-bond donors (Lipinski definition) is 2. The van der Waals surface area contributed by atoms with Crippen molar-refractivity contribution < 1.29 is 24.2 Å². The van der Waals surface area contributed by atoms with Crippen molar-refractivity contribution in [1.82, 2.24) is 10.2 Å². The highest BCUT2D eigenvalue weighted by atomic mass is 16.5. The van der Waals surface area contributed by atoms with Crippen molar-refractivity contribution in [3.05, 3.63) is 35.9 Å². The summed E-state index contributed by atoms with van der Waals surface area (Å²) in [4.78, 5) is 39.3. The standard InChI is InChI=1S/C24H34N2O5/c1-3-31-24(30)19(14-13-17-9-5-4-6-10-17)25-16(2)22(27)26-20-12-8-7-11-18(20)15-21(26)23(28)29/h4-6,9-10,16,18-21,25H,3,7-8,11-15H2,1-2H3,(H,28,29)/t16-,18-,19-,20-,21+/m0/s1. The third-order valence-corrected chi connectivity index (χ3v) is 6.58. The van der Waals surface area contributed by atoms with Gasteiger partial charge in [0.2, 0.25) is 5.91 Å². The highest BCUT2D eigenvalue weighted by Crippen LogP contribution is 2.40. The van der Waals surface area contributed by atoms with E-state index >= 15 is 0 Å². The zero-order valence-electron chi connectivity index (χ0n) is 18.5. The maximum Gasteiger partial charge on any atom is 0.326 e. The average Bonchev–Trinajstić information content (AvgIpc) is 3.16. The summed E-state index contributed by atoms with van der Waals surface area (Å²) in [6.45, 7) is 3.74. The molecule has 0 unspecified atom stereocenters. The van der Waals surface area contributed by atoms with Crippen LogP contribution in [0, 0.1) is 5.92 Å². The normalized spacial score (nSPS) is 24.8. The Kier molecular flexibility index (Phi) is 8.07. The second-order valence-electron chi connectivity index (χ2n) is 8.66. The van der Waals surface area contributed by atoms with Gasteiger partial charge in [0.1, 0.15) is 12.1 Å². The number of esters is 1. The summed E-state index contributed by atoms with van der Waals surface area (Å²) in [5.74, 6) is -1.31. The molecule has 0 radical (unpaired) electrons. The minimum Gasteiger partial charge on any atom is -0.480 e. The predicted molar refractivity (Wildman–Crippen MR) is 116 cm³/mol. The molecule has 7 nitrogen and oxygen atoms in total. The van der Waals surface area contributed by atoms with E-state index in [1.807, 2.05) is 30.3 Å². The number of rotatable bonds is 9. The number of ether oxygens (including phenoxy) is 1. The molecule has 0 spiro atoms. The van der Waals surface area contributed by atoms with Crippen molar-refractivity contribution in [2.45, 2.75) is 83.0 Å². The van der Waals surface area contributed by atoms with Gasteiger partial charge in [-0.15, -0.1) is 0 Å². The Bertz CT molecular complexity index is 768. The second kappa shape index (κ2) is 10.8. The van der Waals surface area contributed by atoms with Gasteiger partial charge in [0.15, 0.2) is 0 Å². The van der Waals surface area contributed by atoms with Gasteiger partial charge < -0.3 is 14.7 Å². The molecule has 1 aromatic carbocycles. The van der Waals surface area contributed by atoms with E-state index in [4.69, 9.17) is 4.74 Å². The molecule has 2 aliphatic rings. The van der Waals surface area contributed by atoms with Crippen LogP contribution in [0.15, 0.2) is 30.3 Å². The molecule has 3 rings (SSSR count). The van der Waals surface area contributed by atoms with Crippen molar-refractivity contribution in [1.29, 1.82) is 0 Å². The molecule has 7 heteroatoms. The first-order valence-electron chi connectivity index (χ1n) is 11.4. The number of carbonyl (C=O) groups is 3. The molecular weight excluding hydrogens is 396 g/mol. The Hall–Kier alpha value is -2.41. The summed E-state index contributed by atoms with van der Waals surface area (Å²) in [6.07, 6.45) is 5.62. The van der Waals surface area contributed by atoms with Crippen LogP contribution >= 0.6 is 0 Å². The van der Waals surface area contributed by atoms with Crippen LogP contribution < -0.4 is 5.32 Å². The van der Waals surface area contributed by atoms with Gasteiger partial charge in [0.05, 0.1) is 12.6 Å². The number of carboxylic acid groups (broad SMARTS) is 1. The van der Waals surface area contributed by atoms with Crippen LogP contribution in [0.4, 0.5) is 0 Å². The van der Waals surface area contributed by atoms with Gasteiger partial charge in [-0.1, -0.05) is 43.2 Å². The molecule has 2 fully saturated rings. The predicted octanol–water partition coefficient (Wildman–Crippen LogP) is 2.77. The molecule has 170 valence electrons. The molecule has 1 aromatic rings. The highest BCUT2D eigenvalue weighted by molar-refractivity contribution is 5.88. The second-order valence-corrected chi connectivity index (χ2v) is 8.66. The summed E-state index contributed by atoms with van der Waals surface area (Å²) >= 11 is 0. The molecule has 0 aromatic heterocycles. The molecule has 1 amide bonds. The largest absolute Gasteiger partial charge is 0.480 e. The number of likely N-dealkylation sites (tertiary alicyclic amines) is 1. The minimum atomic E-state index is -0.944. The van der Waals surface area contributed by atoms with E-state index in [1.165, 1.54) is 0 Å². The van der Waals surface area contributed by atoms with Crippen LogP contribution in [-0.4, -0.2) is 58.6 Å². The zero-order chi connectivity index (χ0) is 22.4. The number of benzene rings is 1. The number of carboxylic acids is 1. The van der Waals surface area contributed by atoms with Crippen molar-refractivity contribution in [3.63, 3.8) is 0 Å². The van der Waals surface area contributed by atoms with Gasteiger partial charge in [-0.2, -0.15) is 0 Å². The van der Waals surface area contributed by atoms with Crippen LogP contribution in [0.3, 0.4) is 0 Å². The zero-order valence-corrected chi connectivity index (χ0v) is 18.5. The van der Waals surface area contributed by atoms with E-state index in [-0.39, 0.29) is 30.4 Å². The van der Waals surface area contributed by atoms with Crippen molar-refractivity contribution in [2.24, 2.45) is 5.92 Å². The fourth-order valence-corrected chi connectivity index (χ4v) is 5.06. The molecule has 1 saturated heterocycles. The molecule has 0 bridgehead atoms. The Morgan fingerprint density at radius 1 is 1.19 bits per heavy atom. The van der Waals surface area contributed by atoms with E-state index in [2.05, 4.69) is 5.32 Å². The number of nitrogens with zero attached hydrogens (tertiary/aromatic N) is 1. The molecule has 1 aliphatic heterocycles. The summed E-state index contributed by atoms with van der Waals surface area (Å²) < 4.78 is 5.22. The van der Waals surface area contributed by atoms with Crippen LogP contribution in [0.25, 0.3) is 0 Å². The SMILES string of the molecule is CCOC(=O)[C@H](CCc1ccccc1)N[C@@H](C)C(=O)N1[C@@H](C(=O)O)C[C@@H]2CCCC[C@@H]21. The Labute approximate surface area is 184 Å². The lowest BCUT2D eigenvalue weighted by Gasteiger charge is -2.35. The molecular formula is C24H34N2O5. The number of aliphatic carboxylic acids is 1. The van der Waals surface area contributed by atoms with Gasteiger partial charge in [0, 0.05) is 6.04 Å². The minimum absolute atomic E-state index is 0.0167. The molecule has 5 atom stereocenters. The average molecular weight is 431 g/mol. The number of carbonyl (C=O) groups excluding carboxylic acids is 2. The number of nitrogens with one attached hydrogen (secondary N) is 1. The summed E-state index contributed by atoms with van der Waals surface area (Å²) in [7, 11) is 0. The highest BCUT2D eigenvalue weighted by Gasteiger charge is 2.48. The maximum atomic E-state index is 13.4. The molecule has 1 saturated carbocycles. The van der Waals surface area contributed by atoms with Gasteiger partial charge >= 0.3 is 11.9 Å². The lowest BCUT2D eigenvalue weighted by Crippen LogP contribution is -2.55. The summed E-state index contributed by atoms with van der Waals surface area (Å²) in [5.41, 5.74) is 1.10. The van der Waals surface area contributed by atoms with Crippen molar-refractivity contribution in [3.8, 4) is 0 Å². The molecule has 1 heterocycles. The maximum absolute atomic E-state index is 13.4. The monoisotopic (exact) mass is 430 g/mol. The van der Waals surface area contributed by atoms with Gasteiger partial charge in [-0.3, -0.25) is 14.9 Å². The number of aryl methyl sites for hydroxylation is 1. The number of amides is 1. The van der Waals surface area contributed by atoms with Crippen LogP contribution in [0.1, 0.15) is 57.9 Å². The topological polar surface area (TPSA) is 95.9 Å². The first-order valence-corrected chi connectivity index (χ1v) is 11.4. The van der Waals surface area contributed by atoms with Crippen LogP contribution in [0.5, 0.6) is 0 Å². The Morgan fingerprint density at radius 3 is 2.58 bits per heavy atom. The van der Waals surface area contributed by atoms with Gasteiger partial charge in [0.25, 0.3) is 0 Å². The first kappa shape index (κ1) is 23.3. The first-order chi connectivity index (χ1) is 14.9. The number of hydrogen-bond acceptors (Lipinski definition) is 5. The fourth-order valence-electron chi connectivity index (χ4n) is 5.06. The van der Waals surface area contributed by atoms with E-state index < -0.39 is 24.1 Å².